The number of rotatable bonds is 5. The quantitative estimate of drug-likeness (QED) is 0.847. The highest BCUT2D eigenvalue weighted by atomic mass is 32.2. The first-order chi connectivity index (χ1) is 12.8. The lowest BCUT2D eigenvalue weighted by Gasteiger charge is -2.28. The topological polar surface area (TPSA) is 66.5 Å². The minimum absolute atomic E-state index is 0.0674. The van der Waals surface area contributed by atoms with Crippen molar-refractivity contribution in [2.45, 2.75) is 38.5 Å². The Hall–Kier alpha value is -2.34. The van der Waals surface area contributed by atoms with Gasteiger partial charge in [0.1, 0.15) is 0 Å². The van der Waals surface area contributed by atoms with Crippen molar-refractivity contribution in [1.82, 2.24) is 0 Å². The minimum Gasteiger partial charge on any atom is -0.326 e. The van der Waals surface area contributed by atoms with E-state index in [2.05, 4.69) is 5.32 Å². The van der Waals surface area contributed by atoms with Crippen molar-refractivity contribution in [2.75, 3.05) is 21.9 Å². The molecule has 0 aromatic heterocycles. The summed E-state index contributed by atoms with van der Waals surface area (Å²) < 4.78 is 25.8. The van der Waals surface area contributed by atoms with Gasteiger partial charge in [-0.25, -0.2) is 8.42 Å². The van der Waals surface area contributed by atoms with E-state index in [4.69, 9.17) is 0 Å². The number of anilines is 2. The molecule has 0 saturated carbocycles. The summed E-state index contributed by atoms with van der Waals surface area (Å²) in [6.45, 7) is 4.61. The molecule has 144 valence electrons. The normalized spacial score (nSPS) is 16.7. The Balaban J connectivity index is 1.65. The molecule has 0 unspecified atom stereocenters. The van der Waals surface area contributed by atoms with Gasteiger partial charge in [-0.15, -0.1) is 0 Å². The SMILES string of the molecule is CC(C)(CC(=O)Nc1ccc(N2CCCCS2(=O)=O)cc1)c1ccccc1. The van der Waals surface area contributed by atoms with Gasteiger partial charge in [-0.05, 0) is 48.1 Å². The highest BCUT2D eigenvalue weighted by Gasteiger charge is 2.26. The Morgan fingerprint density at radius 2 is 1.70 bits per heavy atom. The largest absolute Gasteiger partial charge is 0.326 e. The number of nitrogens with one attached hydrogen (secondary N) is 1. The van der Waals surface area contributed by atoms with Gasteiger partial charge in [0.2, 0.25) is 15.9 Å². The van der Waals surface area contributed by atoms with E-state index in [0.29, 0.717) is 30.8 Å². The number of hydrogen-bond donors (Lipinski definition) is 1. The monoisotopic (exact) mass is 386 g/mol. The van der Waals surface area contributed by atoms with Gasteiger partial charge in [0.25, 0.3) is 0 Å². The summed E-state index contributed by atoms with van der Waals surface area (Å²) in [5.41, 5.74) is 2.16. The molecule has 0 atom stereocenters. The second-order valence-corrected chi connectivity index (χ2v) is 9.63. The van der Waals surface area contributed by atoms with Crippen LogP contribution < -0.4 is 9.62 Å². The van der Waals surface area contributed by atoms with Crippen LogP contribution in [-0.2, 0) is 20.2 Å². The first kappa shape index (κ1) is 19.4. The number of nitrogens with zero attached hydrogens (tertiary/aromatic N) is 1. The van der Waals surface area contributed by atoms with Gasteiger partial charge in [-0.1, -0.05) is 44.2 Å². The molecule has 5 nitrogen and oxygen atoms in total. The fourth-order valence-electron chi connectivity index (χ4n) is 3.39. The zero-order valence-corrected chi connectivity index (χ0v) is 16.6. The van der Waals surface area contributed by atoms with E-state index in [-0.39, 0.29) is 17.1 Å². The molecule has 6 heteroatoms. The van der Waals surface area contributed by atoms with Crippen LogP contribution in [0.25, 0.3) is 0 Å². The maximum atomic E-state index is 12.5. The van der Waals surface area contributed by atoms with Gasteiger partial charge in [-0.2, -0.15) is 0 Å². The van der Waals surface area contributed by atoms with Gasteiger partial charge >= 0.3 is 0 Å². The highest BCUT2D eigenvalue weighted by Crippen LogP contribution is 2.28. The van der Waals surface area contributed by atoms with E-state index >= 15 is 0 Å². The second-order valence-electron chi connectivity index (χ2n) is 7.62. The number of benzene rings is 2. The van der Waals surface area contributed by atoms with E-state index in [9.17, 15) is 13.2 Å². The molecule has 1 amide bonds. The molecule has 0 aliphatic carbocycles. The first-order valence-electron chi connectivity index (χ1n) is 9.24. The Morgan fingerprint density at radius 3 is 2.33 bits per heavy atom. The molecule has 1 N–H and O–H groups in total. The van der Waals surface area contributed by atoms with Crippen LogP contribution in [0.1, 0.15) is 38.7 Å². The maximum Gasteiger partial charge on any atom is 0.235 e. The smallest absolute Gasteiger partial charge is 0.235 e. The molecular formula is C21H26N2O3S. The molecule has 0 bridgehead atoms. The number of hydrogen-bond acceptors (Lipinski definition) is 3. The van der Waals surface area contributed by atoms with Crippen LogP contribution >= 0.6 is 0 Å². The average Bonchev–Trinajstić information content (AvgIpc) is 2.62. The molecule has 1 aliphatic heterocycles. The third-order valence-electron chi connectivity index (χ3n) is 4.95. The third kappa shape index (κ3) is 4.69. The Bertz CT molecular complexity index is 891. The number of carbonyl (C=O) groups is 1. The Labute approximate surface area is 161 Å². The summed E-state index contributed by atoms with van der Waals surface area (Å²) in [6.07, 6.45) is 1.94. The summed E-state index contributed by atoms with van der Waals surface area (Å²) in [7, 11) is -3.22. The van der Waals surface area contributed by atoms with Crippen molar-refractivity contribution in [3.8, 4) is 0 Å². The third-order valence-corrected chi connectivity index (χ3v) is 6.82. The first-order valence-corrected chi connectivity index (χ1v) is 10.8. The number of amides is 1. The molecule has 0 spiro atoms. The summed E-state index contributed by atoms with van der Waals surface area (Å²) in [5.74, 6) is 0.127. The van der Waals surface area contributed by atoms with Crippen molar-refractivity contribution < 1.29 is 13.2 Å². The van der Waals surface area contributed by atoms with Gasteiger partial charge < -0.3 is 5.32 Å². The second kappa shape index (κ2) is 7.72. The van der Waals surface area contributed by atoms with E-state index in [1.54, 1.807) is 24.3 Å². The van der Waals surface area contributed by atoms with Crippen LogP contribution in [0.5, 0.6) is 0 Å². The molecule has 3 rings (SSSR count). The molecule has 2 aromatic rings. The zero-order chi connectivity index (χ0) is 19.5. The van der Waals surface area contributed by atoms with Crippen LogP contribution in [0, 0.1) is 0 Å². The van der Waals surface area contributed by atoms with E-state index < -0.39 is 10.0 Å². The molecule has 27 heavy (non-hydrogen) atoms. The van der Waals surface area contributed by atoms with Crippen molar-refractivity contribution in [3.05, 3.63) is 60.2 Å². The average molecular weight is 387 g/mol. The Morgan fingerprint density at radius 1 is 1.04 bits per heavy atom. The number of sulfonamides is 1. The van der Waals surface area contributed by atoms with Crippen molar-refractivity contribution in [3.63, 3.8) is 0 Å². The van der Waals surface area contributed by atoms with E-state index in [1.165, 1.54) is 4.31 Å². The van der Waals surface area contributed by atoms with Crippen LogP contribution in [0.2, 0.25) is 0 Å². The van der Waals surface area contributed by atoms with Crippen LogP contribution in [0.3, 0.4) is 0 Å². The summed E-state index contributed by atoms with van der Waals surface area (Å²) in [4.78, 5) is 12.5. The van der Waals surface area contributed by atoms with Crippen molar-refractivity contribution >= 4 is 27.3 Å². The van der Waals surface area contributed by atoms with Gasteiger partial charge in [-0.3, -0.25) is 9.10 Å². The predicted octanol–water partition coefficient (Wildman–Crippen LogP) is 3.92. The lowest BCUT2D eigenvalue weighted by molar-refractivity contribution is -0.117. The lowest BCUT2D eigenvalue weighted by atomic mass is 9.81. The molecule has 2 aromatic carbocycles. The summed E-state index contributed by atoms with van der Waals surface area (Å²) >= 11 is 0. The highest BCUT2D eigenvalue weighted by molar-refractivity contribution is 7.92. The van der Waals surface area contributed by atoms with Gasteiger partial charge in [0, 0.05) is 18.7 Å². The van der Waals surface area contributed by atoms with Crippen LogP contribution in [0.15, 0.2) is 54.6 Å². The van der Waals surface area contributed by atoms with Gasteiger partial charge in [0.15, 0.2) is 0 Å². The fourth-order valence-corrected chi connectivity index (χ4v) is 5.03. The minimum atomic E-state index is -3.22. The van der Waals surface area contributed by atoms with Crippen LogP contribution in [-0.4, -0.2) is 26.6 Å². The van der Waals surface area contributed by atoms with E-state index in [0.717, 1.165) is 12.0 Å². The van der Waals surface area contributed by atoms with Crippen molar-refractivity contribution in [2.24, 2.45) is 0 Å². The zero-order valence-electron chi connectivity index (χ0n) is 15.8. The molecule has 0 radical (unpaired) electrons. The molecule has 1 saturated heterocycles. The number of carbonyl (C=O) groups excluding carboxylic acids is 1. The fraction of sp³-hybridized carbons (Fsp3) is 0.381. The molecular weight excluding hydrogens is 360 g/mol. The molecule has 1 fully saturated rings. The van der Waals surface area contributed by atoms with Crippen molar-refractivity contribution in [1.29, 1.82) is 0 Å². The summed E-state index contributed by atoms with van der Waals surface area (Å²) in [6, 6.07) is 17.0. The van der Waals surface area contributed by atoms with Gasteiger partial charge in [0.05, 0.1) is 11.4 Å². The molecule has 1 heterocycles. The Kier molecular flexibility index (Phi) is 5.56. The predicted molar refractivity (Wildman–Crippen MR) is 110 cm³/mol. The lowest BCUT2D eigenvalue weighted by Crippen LogP contribution is -2.37. The molecule has 1 aliphatic rings. The van der Waals surface area contributed by atoms with Crippen LogP contribution in [0.4, 0.5) is 11.4 Å². The summed E-state index contributed by atoms with van der Waals surface area (Å²) in [5, 5.41) is 2.91. The standard InChI is InChI=1S/C21H26N2O3S/c1-21(2,17-8-4-3-5-9-17)16-20(24)22-18-10-12-19(13-11-18)23-14-6-7-15-27(23,25)26/h3-5,8-13H,6-7,14-16H2,1-2H3,(H,22,24). The van der Waals surface area contributed by atoms with E-state index in [1.807, 2.05) is 44.2 Å². The maximum absolute atomic E-state index is 12.5.